The fraction of sp³-hybridized carbons (Fsp3) is 0.385. The maximum atomic E-state index is 13.0. The Morgan fingerprint density at radius 1 is 1.15 bits per heavy atom. The Hall–Kier alpha value is -3.48. The minimum atomic E-state index is -0.632. The van der Waals surface area contributed by atoms with Crippen LogP contribution in [0.5, 0.6) is 0 Å². The maximum Gasteiger partial charge on any atom is 0.228 e. The first kappa shape index (κ1) is 22.7. The predicted molar refractivity (Wildman–Crippen MR) is 127 cm³/mol. The van der Waals surface area contributed by atoms with E-state index in [9.17, 15) is 9.59 Å². The van der Waals surface area contributed by atoms with E-state index in [-0.39, 0.29) is 17.9 Å². The number of aryl methyl sites for hydroxylation is 1. The quantitative estimate of drug-likeness (QED) is 0.604. The summed E-state index contributed by atoms with van der Waals surface area (Å²) >= 11 is 0. The minimum Gasteiger partial charge on any atom is -0.359 e. The van der Waals surface area contributed by atoms with Gasteiger partial charge in [0.2, 0.25) is 11.8 Å². The van der Waals surface area contributed by atoms with Crippen molar-refractivity contribution in [1.82, 2.24) is 25.0 Å². The molecule has 1 saturated heterocycles. The van der Waals surface area contributed by atoms with E-state index < -0.39 is 5.41 Å². The molecule has 2 amide bonds. The molecule has 0 bridgehead atoms. The van der Waals surface area contributed by atoms with Gasteiger partial charge < -0.3 is 10.2 Å². The van der Waals surface area contributed by atoms with Crippen LogP contribution in [0.1, 0.15) is 36.9 Å². The van der Waals surface area contributed by atoms with E-state index in [1.165, 1.54) is 11.9 Å². The number of amides is 2. The smallest absolute Gasteiger partial charge is 0.228 e. The molecular weight excluding hydrogens is 414 g/mol. The lowest BCUT2D eigenvalue weighted by Crippen LogP contribution is -2.44. The molecule has 7 nitrogen and oxygen atoms in total. The first-order chi connectivity index (χ1) is 15.9. The second-order valence-corrected chi connectivity index (χ2v) is 9.10. The molecule has 0 radical (unpaired) electrons. The number of hydrogen-bond acceptors (Lipinski definition) is 4. The Labute approximate surface area is 194 Å². The molecule has 33 heavy (non-hydrogen) atoms. The predicted octanol–water partition coefficient (Wildman–Crippen LogP) is 3.41. The molecule has 4 rings (SSSR count). The van der Waals surface area contributed by atoms with Crippen molar-refractivity contribution in [2.45, 2.75) is 39.2 Å². The second kappa shape index (κ2) is 9.57. The van der Waals surface area contributed by atoms with Crippen molar-refractivity contribution >= 4 is 11.8 Å². The molecular formula is C26H31N5O2. The molecule has 1 N–H and O–H groups in total. The molecule has 1 aliphatic rings. The van der Waals surface area contributed by atoms with E-state index in [0.717, 1.165) is 16.7 Å². The number of benzene rings is 2. The van der Waals surface area contributed by atoms with E-state index in [1.807, 2.05) is 17.9 Å². The van der Waals surface area contributed by atoms with E-state index in [1.54, 1.807) is 18.1 Å². The summed E-state index contributed by atoms with van der Waals surface area (Å²) in [6.07, 6.45) is 4.66. The average Bonchev–Trinajstić information content (AvgIpc) is 3.50. The van der Waals surface area contributed by atoms with Crippen molar-refractivity contribution in [2.75, 3.05) is 20.1 Å². The van der Waals surface area contributed by atoms with Crippen LogP contribution in [0.3, 0.4) is 0 Å². The van der Waals surface area contributed by atoms with Gasteiger partial charge in [0.25, 0.3) is 0 Å². The summed E-state index contributed by atoms with van der Waals surface area (Å²) in [5, 5.41) is 6.97. The van der Waals surface area contributed by atoms with Crippen LogP contribution in [0.25, 0.3) is 11.1 Å². The van der Waals surface area contributed by atoms with Gasteiger partial charge in [0, 0.05) is 26.6 Å². The number of hydrogen-bond donors (Lipinski definition) is 1. The number of carbonyl (C=O) groups is 2. The number of likely N-dealkylation sites (tertiary alicyclic amines) is 1. The van der Waals surface area contributed by atoms with Gasteiger partial charge >= 0.3 is 0 Å². The zero-order valence-corrected chi connectivity index (χ0v) is 19.5. The van der Waals surface area contributed by atoms with Crippen LogP contribution in [0.2, 0.25) is 0 Å². The molecule has 1 fully saturated rings. The van der Waals surface area contributed by atoms with Gasteiger partial charge in [-0.2, -0.15) is 5.10 Å². The molecule has 2 heterocycles. The van der Waals surface area contributed by atoms with Gasteiger partial charge in [0.15, 0.2) is 0 Å². The van der Waals surface area contributed by atoms with Crippen molar-refractivity contribution in [3.8, 4) is 11.1 Å². The van der Waals surface area contributed by atoms with Crippen LogP contribution in [-0.2, 0) is 16.0 Å². The highest BCUT2D eigenvalue weighted by molar-refractivity contribution is 5.85. The Balaban J connectivity index is 1.50. The molecule has 2 aromatic carbocycles. The van der Waals surface area contributed by atoms with Crippen LogP contribution >= 0.6 is 0 Å². The van der Waals surface area contributed by atoms with Crippen molar-refractivity contribution < 1.29 is 9.59 Å². The Bertz CT molecular complexity index is 1110. The molecule has 0 saturated carbocycles. The van der Waals surface area contributed by atoms with E-state index in [2.05, 4.69) is 64.8 Å². The summed E-state index contributed by atoms with van der Waals surface area (Å²) in [5.74, 6) is 0.0278. The number of nitrogens with one attached hydrogen (secondary N) is 1. The van der Waals surface area contributed by atoms with Crippen LogP contribution in [0.15, 0.2) is 61.2 Å². The lowest BCUT2D eigenvalue weighted by Gasteiger charge is -2.28. The monoisotopic (exact) mass is 445 g/mol. The van der Waals surface area contributed by atoms with Crippen molar-refractivity contribution in [1.29, 1.82) is 0 Å². The lowest BCUT2D eigenvalue weighted by molar-refractivity contribution is -0.133. The summed E-state index contributed by atoms with van der Waals surface area (Å²) in [5.41, 5.74) is 3.98. The summed E-state index contributed by atoms with van der Waals surface area (Å²) in [6, 6.07) is 16.7. The van der Waals surface area contributed by atoms with Crippen molar-refractivity contribution in [3.63, 3.8) is 0 Å². The Morgan fingerprint density at radius 3 is 2.64 bits per heavy atom. The summed E-state index contributed by atoms with van der Waals surface area (Å²) in [4.78, 5) is 31.8. The molecule has 0 aliphatic carbocycles. The molecule has 1 aliphatic heterocycles. The van der Waals surface area contributed by atoms with Gasteiger partial charge in [-0.15, -0.1) is 0 Å². The van der Waals surface area contributed by atoms with E-state index in [4.69, 9.17) is 0 Å². The summed E-state index contributed by atoms with van der Waals surface area (Å²) in [7, 11) is 1.67. The summed E-state index contributed by atoms with van der Waals surface area (Å²) < 4.78 is 1.69. The van der Waals surface area contributed by atoms with E-state index >= 15 is 0 Å². The van der Waals surface area contributed by atoms with Gasteiger partial charge in [0.05, 0.1) is 11.5 Å². The third-order valence-corrected chi connectivity index (χ3v) is 6.63. The molecule has 1 aromatic heterocycles. The van der Waals surface area contributed by atoms with E-state index in [0.29, 0.717) is 32.4 Å². The Kier molecular flexibility index (Phi) is 6.58. The molecule has 3 aromatic rings. The molecule has 0 unspecified atom stereocenters. The summed E-state index contributed by atoms with van der Waals surface area (Å²) in [6.45, 7) is 5.02. The highest BCUT2D eigenvalue weighted by atomic mass is 16.2. The largest absolute Gasteiger partial charge is 0.359 e. The number of rotatable bonds is 7. The Morgan fingerprint density at radius 2 is 1.94 bits per heavy atom. The highest BCUT2D eigenvalue weighted by Crippen LogP contribution is 2.36. The third-order valence-electron chi connectivity index (χ3n) is 6.63. The van der Waals surface area contributed by atoms with Crippen molar-refractivity contribution in [3.05, 3.63) is 72.3 Å². The first-order valence-electron chi connectivity index (χ1n) is 11.4. The second-order valence-electron chi connectivity index (χ2n) is 9.10. The van der Waals surface area contributed by atoms with Crippen LogP contribution in [-0.4, -0.2) is 51.6 Å². The molecule has 2 atom stereocenters. The highest BCUT2D eigenvalue weighted by Gasteiger charge is 2.45. The molecule has 0 spiro atoms. The fourth-order valence-electron chi connectivity index (χ4n) is 4.68. The topological polar surface area (TPSA) is 80.1 Å². The standard InChI is InChI=1S/C26H31N5O2/c1-19-7-9-22(10-8-19)23-6-4-5-21(14-23)15-26(25(33)27-3)11-12-30(16-26)24(32)13-20(2)31-18-28-17-29-31/h4-10,14,17-18,20H,11-13,15-16H2,1-3H3,(H,27,33)/t20-,26-/m1/s1. The molecule has 172 valence electrons. The van der Waals surface area contributed by atoms with Gasteiger partial charge in [-0.1, -0.05) is 54.1 Å². The minimum absolute atomic E-state index is 0.0112. The van der Waals surface area contributed by atoms with Crippen molar-refractivity contribution in [2.24, 2.45) is 5.41 Å². The van der Waals surface area contributed by atoms with Gasteiger partial charge in [-0.25, -0.2) is 9.67 Å². The van der Waals surface area contributed by atoms with Gasteiger partial charge in [0.1, 0.15) is 12.7 Å². The van der Waals surface area contributed by atoms with Gasteiger partial charge in [-0.3, -0.25) is 9.59 Å². The number of nitrogens with zero attached hydrogens (tertiary/aromatic N) is 4. The van der Waals surface area contributed by atoms with Crippen LogP contribution in [0.4, 0.5) is 0 Å². The maximum absolute atomic E-state index is 13.0. The fourth-order valence-corrected chi connectivity index (χ4v) is 4.68. The van der Waals surface area contributed by atoms with Crippen LogP contribution in [0, 0.1) is 12.3 Å². The SMILES string of the molecule is CNC(=O)[C@@]1(Cc2cccc(-c3ccc(C)cc3)c2)CCN(C(=O)C[C@@H](C)n2cncn2)C1. The zero-order chi connectivity index (χ0) is 23.4. The number of carbonyl (C=O) groups excluding carboxylic acids is 2. The first-order valence-corrected chi connectivity index (χ1v) is 11.4. The lowest BCUT2D eigenvalue weighted by atomic mass is 9.79. The normalized spacial score (nSPS) is 18.8. The molecule has 7 heteroatoms. The third kappa shape index (κ3) is 4.97. The zero-order valence-electron chi connectivity index (χ0n) is 19.5. The van der Waals surface area contributed by atoms with Crippen LogP contribution < -0.4 is 5.32 Å². The van der Waals surface area contributed by atoms with Gasteiger partial charge in [-0.05, 0) is 43.4 Å². The average molecular weight is 446 g/mol. The number of aromatic nitrogens is 3.